The van der Waals surface area contributed by atoms with E-state index < -0.39 is 0 Å². The van der Waals surface area contributed by atoms with E-state index in [2.05, 4.69) is 6.92 Å². The lowest BCUT2D eigenvalue weighted by atomic mass is 10.3. The van der Waals surface area contributed by atoms with Crippen LogP contribution in [0.2, 0.25) is 0 Å². The Bertz CT molecular complexity index is 316. The van der Waals surface area contributed by atoms with Gasteiger partial charge in [-0.3, -0.25) is 0 Å². The topological polar surface area (TPSA) is 9.23 Å². The van der Waals surface area contributed by atoms with Gasteiger partial charge in [-0.05, 0) is 18.6 Å². The van der Waals surface area contributed by atoms with Crippen molar-refractivity contribution in [3.63, 3.8) is 0 Å². The molecule has 0 atom stereocenters. The van der Waals surface area contributed by atoms with Gasteiger partial charge < -0.3 is 4.74 Å². The first-order chi connectivity index (χ1) is 7.93. The average molecular weight is 214 g/mol. The van der Waals surface area contributed by atoms with Gasteiger partial charge in [0.1, 0.15) is 5.75 Å². The molecule has 0 spiro atoms. The van der Waals surface area contributed by atoms with Crippen molar-refractivity contribution in [1.82, 2.24) is 0 Å². The molecule has 2 aromatic carbocycles. The summed E-state index contributed by atoms with van der Waals surface area (Å²) in [6.07, 6.45) is 1.06. The summed E-state index contributed by atoms with van der Waals surface area (Å²) in [5.74, 6) is 0.962. The monoisotopic (exact) mass is 214 g/mol. The van der Waals surface area contributed by atoms with Crippen molar-refractivity contribution in [1.29, 1.82) is 0 Å². The van der Waals surface area contributed by atoms with Crippen LogP contribution in [0.1, 0.15) is 13.3 Å². The Kier molecular flexibility index (Phi) is 6.57. The van der Waals surface area contributed by atoms with Gasteiger partial charge in [0.2, 0.25) is 0 Å². The van der Waals surface area contributed by atoms with E-state index in [1.807, 2.05) is 66.7 Å². The van der Waals surface area contributed by atoms with Crippen LogP contribution in [0.25, 0.3) is 0 Å². The molecular weight excluding hydrogens is 196 g/mol. The highest BCUT2D eigenvalue weighted by molar-refractivity contribution is 5.20. The summed E-state index contributed by atoms with van der Waals surface area (Å²) in [7, 11) is 0. The average Bonchev–Trinajstić information content (AvgIpc) is 2.40. The predicted octanol–water partition coefficient (Wildman–Crippen LogP) is 4.16. The molecule has 2 aromatic rings. The maximum atomic E-state index is 5.36. The summed E-state index contributed by atoms with van der Waals surface area (Å²) in [6, 6.07) is 21.9. The van der Waals surface area contributed by atoms with E-state index in [0.717, 1.165) is 18.8 Å². The van der Waals surface area contributed by atoms with E-state index in [9.17, 15) is 0 Å². The summed E-state index contributed by atoms with van der Waals surface area (Å²) in [4.78, 5) is 0. The molecule has 2 rings (SSSR count). The van der Waals surface area contributed by atoms with Gasteiger partial charge in [-0.1, -0.05) is 61.5 Å². The van der Waals surface area contributed by atoms with Crippen LogP contribution >= 0.6 is 0 Å². The molecule has 0 saturated heterocycles. The minimum Gasteiger partial charge on any atom is -0.494 e. The van der Waals surface area contributed by atoms with Crippen LogP contribution in [0.15, 0.2) is 66.7 Å². The quantitative estimate of drug-likeness (QED) is 0.745. The number of hydrogen-bond donors (Lipinski definition) is 0. The van der Waals surface area contributed by atoms with Crippen molar-refractivity contribution in [2.75, 3.05) is 6.61 Å². The normalized spacial score (nSPS) is 8.81. The van der Waals surface area contributed by atoms with Gasteiger partial charge in [0.25, 0.3) is 0 Å². The van der Waals surface area contributed by atoms with Gasteiger partial charge in [0.15, 0.2) is 0 Å². The molecule has 0 heterocycles. The van der Waals surface area contributed by atoms with Crippen LogP contribution in [0.4, 0.5) is 0 Å². The fourth-order valence-electron chi connectivity index (χ4n) is 1.12. The zero-order valence-electron chi connectivity index (χ0n) is 9.67. The molecule has 0 unspecified atom stereocenters. The van der Waals surface area contributed by atoms with E-state index >= 15 is 0 Å². The predicted molar refractivity (Wildman–Crippen MR) is 68.7 cm³/mol. The highest BCUT2D eigenvalue weighted by atomic mass is 16.5. The fraction of sp³-hybridized carbons (Fsp3) is 0.200. The zero-order valence-corrected chi connectivity index (χ0v) is 9.67. The maximum absolute atomic E-state index is 5.36. The molecule has 0 saturated carbocycles. The lowest BCUT2D eigenvalue weighted by Gasteiger charge is -2.01. The smallest absolute Gasteiger partial charge is 0.119 e. The van der Waals surface area contributed by atoms with Crippen LogP contribution in [0, 0.1) is 0 Å². The number of benzene rings is 2. The molecule has 0 aromatic heterocycles. The lowest BCUT2D eigenvalue weighted by Crippen LogP contribution is -1.93. The van der Waals surface area contributed by atoms with Gasteiger partial charge in [-0.15, -0.1) is 0 Å². The molecular formula is C15H18O. The van der Waals surface area contributed by atoms with E-state index in [-0.39, 0.29) is 0 Å². The third kappa shape index (κ3) is 5.86. The van der Waals surface area contributed by atoms with Crippen molar-refractivity contribution in [3.8, 4) is 5.75 Å². The largest absolute Gasteiger partial charge is 0.494 e. The Balaban J connectivity index is 0.000000181. The zero-order chi connectivity index (χ0) is 11.5. The number of ether oxygens (including phenoxy) is 1. The Hall–Kier alpha value is -1.76. The molecule has 0 bridgehead atoms. The molecule has 16 heavy (non-hydrogen) atoms. The minimum atomic E-state index is 0.810. The van der Waals surface area contributed by atoms with Crippen LogP contribution in [0.3, 0.4) is 0 Å². The highest BCUT2D eigenvalue weighted by Gasteiger charge is 1.86. The van der Waals surface area contributed by atoms with Crippen LogP contribution < -0.4 is 4.74 Å². The third-order valence-corrected chi connectivity index (χ3v) is 1.88. The SMILES string of the molecule is CCCOc1ccccc1.c1ccccc1. The van der Waals surface area contributed by atoms with Crippen molar-refractivity contribution in [2.45, 2.75) is 13.3 Å². The van der Waals surface area contributed by atoms with Gasteiger partial charge in [-0.25, -0.2) is 0 Å². The second-order valence-corrected chi connectivity index (χ2v) is 3.32. The van der Waals surface area contributed by atoms with E-state index in [0.29, 0.717) is 0 Å². The van der Waals surface area contributed by atoms with Gasteiger partial charge >= 0.3 is 0 Å². The molecule has 0 N–H and O–H groups in total. The Morgan fingerprint density at radius 2 is 1.19 bits per heavy atom. The highest BCUT2D eigenvalue weighted by Crippen LogP contribution is 2.07. The standard InChI is InChI=1S/C9H12O.C6H6/c1-2-8-10-9-6-4-3-5-7-9;1-2-4-6-5-3-1/h3-7H,2,8H2,1H3;1-6H. The molecule has 0 aliphatic heterocycles. The molecule has 0 amide bonds. The maximum Gasteiger partial charge on any atom is 0.119 e. The summed E-state index contributed by atoms with van der Waals surface area (Å²) in [5, 5.41) is 0. The van der Waals surface area contributed by atoms with E-state index in [4.69, 9.17) is 4.74 Å². The Labute approximate surface area is 97.7 Å². The molecule has 0 radical (unpaired) electrons. The first-order valence-electron chi connectivity index (χ1n) is 5.61. The number of para-hydroxylation sites is 1. The number of hydrogen-bond acceptors (Lipinski definition) is 1. The van der Waals surface area contributed by atoms with E-state index in [1.165, 1.54) is 0 Å². The van der Waals surface area contributed by atoms with Crippen molar-refractivity contribution < 1.29 is 4.74 Å². The molecule has 84 valence electrons. The second kappa shape index (κ2) is 8.54. The van der Waals surface area contributed by atoms with Gasteiger partial charge in [0, 0.05) is 0 Å². The fourth-order valence-corrected chi connectivity index (χ4v) is 1.12. The van der Waals surface area contributed by atoms with Crippen LogP contribution in [-0.4, -0.2) is 6.61 Å². The third-order valence-electron chi connectivity index (χ3n) is 1.88. The van der Waals surface area contributed by atoms with Gasteiger partial charge in [0.05, 0.1) is 6.61 Å². The number of rotatable bonds is 3. The Morgan fingerprint density at radius 3 is 1.62 bits per heavy atom. The van der Waals surface area contributed by atoms with Crippen LogP contribution in [0.5, 0.6) is 5.75 Å². The van der Waals surface area contributed by atoms with E-state index in [1.54, 1.807) is 0 Å². The first-order valence-corrected chi connectivity index (χ1v) is 5.61. The molecule has 0 fully saturated rings. The molecule has 1 nitrogen and oxygen atoms in total. The lowest BCUT2D eigenvalue weighted by molar-refractivity contribution is 0.317. The molecule has 1 heteroatoms. The molecule has 0 aliphatic carbocycles. The Morgan fingerprint density at radius 1 is 0.750 bits per heavy atom. The van der Waals surface area contributed by atoms with Crippen molar-refractivity contribution in [3.05, 3.63) is 66.7 Å². The second-order valence-electron chi connectivity index (χ2n) is 3.32. The summed E-state index contributed by atoms with van der Waals surface area (Å²) < 4.78 is 5.36. The van der Waals surface area contributed by atoms with Crippen molar-refractivity contribution in [2.24, 2.45) is 0 Å². The summed E-state index contributed by atoms with van der Waals surface area (Å²) >= 11 is 0. The molecule has 0 aliphatic rings. The van der Waals surface area contributed by atoms with Crippen molar-refractivity contribution >= 4 is 0 Å². The summed E-state index contributed by atoms with van der Waals surface area (Å²) in [6.45, 7) is 2.91. The van der Waals surface area contributed by atoms with Crippen LogP contribution in [-0.2, 0) is 0 Å². The van der Waals surface area contributed by atoms with Gasteiger partial charge in [-0.2, -0.15) is 0 Å². The minimum absolute atomic E-state index is 0.810. The first kappa shape index (κ1) is 12.3. The summed E-state index contributed by atoms with van der Waals surface area (Å²) in [5.41, 5.74) is 0.